The molecule has 59 heavy (non-hydrogen) atoms. The van der Waals surface area contributed by atoms with E-state index in [-0.39, 0.29) is 22.7 Å². The normalized spacial score (nSPS) is 18.0. The van der Waals surface area contributed by atoms with Crippen LogP contribution in [0.2, 0.25) is 0 Å². The molecule has 0 heterocycles. The number of rotatable bonds is 5. The van der Waals surface area contributed by atoms with Gasteiger partial charge < -0.3 is 4.90 Å². The van der Waals surface area contributed by atoms with Crippen molar-refractivity contribution in [3.8, 4) is 44.5 Å². The van der Waals surface area contributed by atoms with Crippen LogP contribution in [0.1, 0.15) is 53.1 Å². The topological polar surface area (TPSA) is 3.24 Å². The lowest BCUT2D eigenvalue weighted by atomic mass is 9.65. The van der Waals surface area contributed by atoms with E-state index in [0.29, 0.717) is 0 Å². The number of hydrogen-bond donors (Lipinski definition) is 0. The van der Waals surface area contributed by atoms with Crippen molar-refractivity contribution in [2.24, 2.45) is 5.92 Å². The summed E-state index contributed by atoms with van der Waals surface area (Å²) < 4.78 is 0. The Morgan fingerprint density at radius 3 is 1.53 bits per heavy atom. The lowest BCUT2D eigenvalue weighted by Gasteiger charge is -2.40. The maximum absolute atomic E-state index is 2.57. The van der Waals surface area contributed by atoms with E-state index in [1.807, 2.05) is 0 Å². The maximum Gasteiger partial charge on any atom is 0.0538 e. The molecule has 12 rings (SSSR count). The van der Waals surface area contributed by atoms with Crippen molar-refractivity contribution in [3.63, 3.8) is 0 Å². The van der Waals surface area contributed by atoms with Crippen LogP contribution in [0.3, 0.4) is 0 Å². The van der Waals surface area contributed by atoms with Crippen molar-refractivity contribution in [2.75, 3.05) is 4.90 Å². The largest absolute Gasteiger partial charge is 0.314 e. The Balaban J connectivity index is 1.02. The Morgan fingerprint density at radius 2 is 0.881 bits per heavy atom. The van der Waals surface area contributed by atoms with Gasteiger partial charge in [-0.3, -0.25) is 0 Å². The lowest BCUT2D eigenvalue weighted by molar-refractivity contribution is 0.451. The third-order valence-electron chi connectivity index (χ3n) is 14.0. The van der Waals surface area contributed by atoms with E-state index in [9.17, 15) is 0 Å². The van der Waals surface area contributed by atoms with Gasteiger partial charge in [0.2, 0.25) is 0 Å². The van der Waals surface area contributed by atoms with E-state index in [2.05, 4.69) is 231 Å². The molecule has 2 unspecified atom stereocenters. The van der Waals surface area contributed by atoms with Crippen LogP contribution < -0.4 is 4.90 Å². The monoisotopic (exact) mass is 753 g/mol. The molecule has 0 N–H and O–H groups in total. The summed E-state index contributed by atoms with van der Waals surface area (Å²) in [6.45, 7) is 4.77. The van der Waals surface area contributed by atoms with Crippen LogP contribution in [0.15, 0.2) is 218 Å². The van der Waals surface area contributed by atoms with Gasteiger partial charge in [-0.15, -0.1) is 0 Å². The van der Waals surface area contributed by atoms with Gasteiger partial charge in [0, 0.05) is 34.3 Å². The lowest BCUT2D eigenvalue weighted by Crippen LogP contribution is -2.35. The number of anilines is 2. The molecule has 4 aliphatic carbocycles. The minimum Gasteiger partial charge on any atom is -0.314 e. The van der Waals surface area contributed by atoms with Crippen molar-refractivity contribution >= 4 is 11.4 Å². The average molecular weight is 754 g/mol. The van der Waals surface area contributed by atoms with Crippen molar-refractivity contribution < 1.29 is 0 Å². The zero-order valence-corrected chi connectivity index (χ0v) is 33.3. The van der Waals surface area contributed by atoms with Gasteiger partial charge in [0.25, 0.3) is 0 Å². The molecule has 8 aromatic carbocycles. The highest BCUT2D eigenvalue weighted by Crippen LogP contribution is 2.67. The van der Waals surface area contributed by atoms with Crippen molar-refractivity contribution in [1.82, 2.24) is 0 Å². The highest BCUT2D eigenvalue weighted by atomic mass is 15.2. The standard InChI is InChI=1S/C58H43N/c1-57(2)49-21-10-6-17-44(49)47-36-35-43(37-54(47)57)59(42-33-31-41(32-34-42)40-29-27-39(28-30-40)38-15-4-3-5-16-38)55-26-14-25-53-56(55)48-20-9-13-24-52(48)58(53)50-22-11-7-18-45(50)46-19-8-12-23-51(46)58/h3-37,53,56H,1-2H3. The third-order valence-corrected chi connectivity index (χ3v) is 14.0. The third kappa shape index (κ3) is 4.79. The van der Waals surface area contributed by atoms with Gasteiger partial charge in [-0.1, -0.05) is 196 Å². The summed E-state index contributed by atoms with van der Waals surface area (Å²) in [6.07, 6.45) is 7.25. The molecular weight excluding hydrogens is 711 g/mol. The number of hydrogen-bond acceptors (Lipinski definition) is 1. The Morgan fingerprint density at radius 1 is 0.407 bits per heavy atom. The molecule has 1 spiro atoms. The summed E-state index contributed by atoms with van der Waals surface area (Å²) in [5, 5.41) is 0. The van der Waals surface area contributed by atoms with Gasteiger partial charge >= 0.3 is 0 Å². The van der Waals surface area contributed by atoms with E-state index < -0.39 is 0 Å². The predicted octanol–water partition coefficient (Wildman–Crippen LogP) is 14.6. The maximum atomic E-state index is 2.57. The zero-order chi connectivity index (χ0) is 39.3. The quantitative estimate of drug-likeness (QED) is 0.169. The summed E-state index contributed by atoms with van der Waals surface area (Å²) in [7, 11) is 0. The van der Waals surface area contributed by atoms with Crippen molar-refractivity contribution in [3.05, 3.63) is 251 Å². The Labute approximate surface area is 347 Å². The van der Waals surface area contributed by atoms with E-state index >= 15 is 0 Å². The number of nitrogens with zero attached hydrogens (tertiary/aromatic N) is 1. The molecule has 0 saturated carbocycles. The van der Waals surface area contributed by atoms with Crippen LogP contribution in [-0.2, 0) is 10.8 Å². The molecule has 0 fully saturated rings. The fourth-order valence-corrected chi connectivity index (χ4v) is 11.4. The number of allylic oxidation sites excluding steroid dienone is 4. The van der Waals surface area contributed by atoms with Crippen LogP contribution in [-0.4, -0.2) is 0 Å². The van der Waals surface area contributed by atoms with Crippen LogP contribution in [0.25, 0.3) is 44.5 Å². The minimum absolute atomic E-state index is 0.117. The fourth-order valence-electron chi connectivity index (χ4n) is 11.4. The summed E-state index contributed by atoms with van der Waals surface area (Å²) in [4.78, 5) is 2.57. The van der Waals surface area contributed by atoms with Crippen LogP contribution in [0.4, 0.5) is 11.4 Å². The van der Waals surface area contributed by atoms with Gasteiger partial charge in [-0.25, -0.2) is 0 Å². The Hall–Kier alpha value is -6.96. The Bertz CT molecular complexity index is 2970. The molecule has 0 saturated heterocycles. The average Bonchev–Trinajstić information content (AvgIpc) is 3.86. The van der Waals surface area contributed by atoms with E-state index in [1.165, 1.54) is 89.3 Å². The summed E-state index contributed by atoms with van der Waals surface area (Å²) in [5.74, 6) is 0.309. The van der Waals surface area contributed by atoms with Gasteiger partial charge in [-0.05, 0) is 108 Å². The van der Waals surface area contributed by atoms with Crippen LogP contribution in [0, 0.1) is 5.92 Å². The number of benzene rings is 8. The SMILES string of the molecule is CC1(C)c2ccccc2-c2ccc(N(C3=CC=CC4C3c3ccccc3C43c4ccccc4-c4ccccc43)c3ccc(-c4ccc(-c5ccccc5)cc4)cc3)cc21. The molecule has 0 bridgehead atoms. The van der Waals surface area contributed by atoms with Gasteiger partial charge in [0.1, 0.15) is 0 Å². The molecule has 2 atom stereocenters. The first kappa shape index (κ1) is 34.1. The molecule has 8 aromatic rings. The minimum atomic E-state index is -0.298. The van der Waals surface area contributed by atoms with Gasteiger partial charge in [0.05, 0.1) is 5.41 Å². The molecule has 0 aliphatic heterocycles. The van der Waals surface area contributed by atoms with E-state index in [4.69, 9.17) is 0 Å². The van der Waals surface area contributed by atoms with Crippen molar-refractivity contribution in [1.29, 1.82) is 0 Å². The van der Waals surface area contributed by atoms with Crippen molar-refractivity contribution in [2.45, 2.75) is 30.6 Å². The number of fused-ring (bicyclic) bond motifs is 13. The summed E-state index contributed by atoms with van der Waals surface area (Å²) in [6, 6.07) is 72.7. The van der Waals surface area contributed by atoms with E-state index in [1.54, 1.807) is 0 Å². The predicted molar refractivity (Wildman–Crippen MR) is 245 cm³/mol. The smallest absolute Gasteiger partial charge is 0.0538 e. The summed E-state index contributed by atoms with van der Waals surface area (Å²) in [5.41, 5.74) is 21.9. The van der Waals surface area contributed by atoms with E-state index in [0.717, 1.165) is 5.69 Å². The van der Waals surface area contributed by atoms with Crippen LogP contribution >= 0.6 is 0 Å². The fraction of sp³-hybridized carbons (Fsp3) is 0.103. The molecule has 0 aromatic heterocycles. The van der Waals surface area contributed by atoms with Crippen LogP contribution in [0.5, 0.6) is 0 Å². The van der Waals surface area contributed by atoms with Gasteiger partial charge in [-0.2, -0.15) is 0 Å². The van der Waals surface area contributed by atoms with Gasteiger partial charge in [0.15, 0.2) is 0 Å². The molecule has 4 aliphatic rings. The second-order valence-electron chi connectivity index (χ2n) is 17.2. The Kier molecular flexibility index (Phi) is 7.38. The first-order valence-electron chi connectivity index (χ1n) is 21.0. The molecule has 280 valence electrons. The first-order valence-corrected chi connectivity index (χ1v) is 21.0. The molecular formula is C58H43N. The molecule has 1 nitrogen and oxygen atoms in total. The molecule has 0 amide bonds. The second-order valence-corrected chi connectivity index (χ2v) is 17.2. The first-order chi connectivity index (χ1) is 29.0. The molecule has 0 radical (unpaired) electrons. The zero-order valence-electron chi connectivity index (χ0n) is 33.3. The molecule has 1 heteroatoms. The highest BCUT2D eigenvalue weighted by Gasteiger charge is 2.58. The highest BCUT2D eigenvalue weighted by molar-refractivity contribution is 5.88. The summed E-state index contributed by atoms with van der Waals surface area (Å²) >= 11 is 0. The second kappa shape index (κ2) is 12.8.